The Labute approximate surface area is 181 Å². The number of halogens is 2. The molecule has 3 aromatic carbocycles. The van der Waals surface area contributed by atoms with Gasteiger partial charge in [-0.25, -0.2) is 0 Å². The van der Waals surface area contributed by atoms with Gasteiger partial charge in [0.2, 0.25) is 0 Å². The molecule has 6 heteroatoms. The minimum Gasteiger partial charge on any atom is -0.309 e. The highest BCUT2D eigenvalue weighted by Gasteiger charge is 2.13. The quantitative estimate of drug-likeness (QED) is 0.205. The molecule has 142 valence electrons. The van der Waals surface area contributed by atoms with Crippen molar-refractivity contribution in [1.82, 2.24) is 9.58 Å². The number of nitrogens with zero attached hydrogens (tertiary/aromatic N) is 4. The van der Waals surface area contributed by atoms with Crippen LogP contribution in [0.5, 0.6) is 0 Å². The topological polar surface area (TPSA) is 32.9 Å². The Hall–Kier alpha value is -2.18. The third-order valence-electron chi connectivity index (χ3n) is 4.81. The maximum Gasteiger partial charge on any atom is 0.0875 e. The summed E-state index contributed by atoms with van der Waals surface area (Å²) < 4.78 is 4.44. The fourth-order valence-electron chi connectivity index (χ4n) is 3.38. The van der Waals surface area contributed by atoms with Gasteiger partial charge < -0.3 is 4.57 Å². The van der Waals surface area contributed by atoms with Crippen molar-refractivity contribution >= 4 is 59.4 Å². The lowest BCUT2D eigenvalue weighted by Crippen LogP contribution is -2.14. The Morgan fingerprint density at radius 2 is 1.32 bits per heavy atom. The first-order chi connectivity index (χ1) is 13.6. The van der Waals surface area contributed by atoms with Crippen molar-refractivity contribution in [2.75, 3.05) is 13.1 Å². The van der Waals surface area contributed by atoms with Crippen LogP contribution in [-0.2, 0) is 0 Å². The number of hydrogen-bond donors (Lipinski definition) is 0. The highest BCUT2D eigenvalue weighted by atomic mass is 79.9. The van der Waals surface area contributed by atoms with Crippen molar-refractivity contribution in [2.45, 2.75) is 13.8 Å². The van der Waals surface area contributed by atoms with Crippen LogP contribution >= 0.6 is 31.9 Å². The van der Waals surface area contributed by atoms with E-state index in [0.29, 0.717) is 0 Å². The zero-order chi connectivity index (χ0) is 19.7. The first-order valence-electron chi connectivity index (χ1n) is 9.27. The predicted molar refractivity (Wildman–Crippen MR) is 124 cm³/mol. The van der Waals surface area contributed by atoms with Crippen molar-refractivity contribution in [3.05, 3.63) is 69.6 Å². The van der Waals surface area contributed by atoms with Gasteiger partial charge in [0.25, 0.3) is 0 Å². The van der Waals surface area contributed by atoms with Gasteiger partial charge in [-0.2, -0.15) is 0 Å². The van der Waals surface area contributed by atoms with E-state index in [2.05, 4.69) is 109 Å². The molecule has 0 unspecified atom stereocenters. The number of rotatable bonds is 5. The molecule has 4 rings (SSSR count). The second kappa shape index (κ2) is 8.05. The summed E-state index contributed by atoms with van der Waals surface area (Å²) in [7, 11) is 0. The summed E-state index contributed by atoms with van der Waals surface area (Å²) in [6.45, 7) is 5.85. The highest BCUT2D eigenvalue weighted by molar-refractivity contribution is 9.10. The molecule has 0 aliphatic rings. The average molecular weight is 500 g/mol. The summed E-state index contributed by atoms with van der Waals surface area (Å²) in [6.07, 6.45) is 0. The molecule has 28 heavy (non-hydrogen) atoms. The summed E-state index contributed by atoms with van der Waals surface area (Å²) in [4.78, 5) is 0. The molecule has 0 radical (unpaired) electrons. The third kappa shape index (κ3) is 3.59. The van der Waals surface area contributed by atoms with Gasteiger partial charge in [-0.05, 0) is 74.5 Å². The van der Waals surface area contributed by atoms with Gasteiger partial charge in [0.1, 0.15) is 0 Å². The number of hydrogen-bond acceptors (Lipinski definition) is 2. The van der Waals surface area contributed by atoms with Gasteiger partial charge >= 0.3 is 0 Å². The minimum atomic E-state index is 0.849. The van der Waals surface area contributed by atoms with E-state index in [1.807, 2.05) is 17.1 Å². The van der Waals surface area contributed by atoms with Crippen molar-refractivity contribution in [1.29, 1.82) is 0 Å². The van der Waals surface area contributed by atoms with Gasteiger partial charge in [0, 0.05) is 38.5 Å². The van der Waals surface area contributed by atoms with Crippen LogP contribution in [0.3, 0.4) is 0 Å². The Balaban J connectivity index is 1.82. The van der Waals surface area contributed by atoms with Gasteiger partial charge in [-0.1, -0.05) is 37.1 Å². The van der Waals surface area contributed by atoms with Crippen LogP contribution in [0, 0.1) is 0 Å². The Morgan fingerprint density at radius 1 is 0.786 bits per heavy atom. The lowest BCUT2D eigenvalue weighted by atomic mass is 10.2. The maximum atomic E-state index is 4.35. The van der Waals surface area contributed by atoms with E-state index in [0.717, 1.165) is 33.4 Å². The largest absolute Gasteiger partial charge is 0.309 e. The molecule has 0 aliphatic heterocycles. The van der Waals surface area contributed by atoms with Crippen molar-refractivity contribution in [3.8, 4) is 5.69 Å². The molecule has 0 saturated heterocycles. The Morgan fingerprint density at radius 3 is 1.82 bits per heavy atom. The lowest BCUT2D eigenvalue weighted by Gasteiger charge is -2.11. The molecule has 0 fully saturated rings. The fourth-order valence-corrected chi connectivity index (χ4v) is 4.10. The summed E-state index contributed by atoms with van der Waals surface area (Å²) in [5.41, 5.74) is 4.30. The van der Waals surface area contributed by atoms with Crippen molar-refractivity contribution in [2.24, 2.45) is 10.3 Å². The van der Waals surface area contributed by atoms with Crippen LogP contribution in [0.4, 0.5) is 5.69 Å². The molecule has 1 aromatic heterocycles. The zero-order valence-corrected chi connectivity index (χ0v) is 18.9. The molecule has 4 aromatic rings. The van der Waals surface area contributed by atoms with Crippen LogP contribution < -0.4 is 0 Å². The number of benzene rings is 3. The molecule has 0 aliphatic carbocycles. The molecule has 0 saturated carbocycles. The Bertz CT molecular complexity index is 1100. The summed E-state index contributed by atoms with van der Waals surface area (Å²) in [5.74, 6) is 0. The minimum absolute atomic E-state index is 0.849. The summed E-state index contributed by atoms with van der Waals surface area (Å²) in [5, 5.41) is 13.0. The fraction of sp³-hybridized carbons (Fsp3) is 0.182. The molecule has 0 N–H and O–H groups in total. The molecular formula is C22H20Br2N4. The van der Waals surface area contributed by atoms with Crippen molar-refractivity contribution < 1.29 is 0 Å². The van der Waals surface area contributed by atoms with E-state index in [1.165, 1.54) is 21.8 Å². The van der Waals surface area contributed by atoms with Gasteiger partial charge in [-0.3, -0.25) is 5.01 Å². The standard InChI is InChI=1S/C22H20Br2N4/c1-3-27(4-2)26-25-17-7-9-18(10-8-17)28-21-11-5-15(23)13-19(21)20-14-16(24)6-12-22(20)28/h5-14H,3-4H2,1-2H3. The molecule has 0 spiro atoms. The third-order valence-corrected chi connectivity index (χ3v) is 5.80. The van der Waals surface area contributed by atoms with Crippen LogP contribution in [0.25, 0.3) is 27.5 Å². The first-order valence-corrected chi connectivity index (χ1v) is 10.9. The van der Waals surface area contributed by atoms with Crippen LogP contribution in [0.1, 0.15) is 13.8 Å². The predicted octanol–water partition coefficient (Wildman–Crippen LogP) is 7.65. The van der Waals surface area contributed by atoms with Gasteiger partial charge in [0.05, 0.1) is 16.7 Å². The van der Waals surface area contributed by atoms with E-state index in [9.17, 15) is 0 Å². The maximum absolute atomic E-state index is 4.35. The molecule has 0 amide bonds. The normalized spacial score (nSPS) is 11.7. The summed E-state index contributed by atoms with van der Waals surface area (Å²) >= 11 is 7.21. The molecule has 0 bridgehead atoms. The second-order valence-electron chi connectivity index (χ2n) is 6.50. The van der Waals surface area contributed by atoms with Crippen LogP contribution in [-0.4, -0.2) is 22.7 Å². The Kier molecular flexibility index (Phi) is 5.51. The van der Waals surface area contributed by atoms with Gasteiger partial charge in [0.15, 0.2) is 0 Å². The van der Waals surface area contributed by atoms with E-state index < -0.39 is 0 Å². The van der Waals surface area contributed by atoms with Crippen molar-refractivity contribution in [3.63, 3.8) is 0 Å². The van der Waals surface area contributed by atoms with Crippen LogP contribution in [0.2, 0.25) is 0 Å². The molecule has 1 heterocycles. The lowest BCUT2D eigenvalue weighted by molar-refractivity contribution is 0.301. The van der Waals surface area contributed by atoms with E-state index in [-0.39, 0.29) is 0 Å². The van der Waals surface area contributed by atoms with Gasteiger partial charge in [-0.15, -0.1) is 5.11 Å². The molecular weight excluding hydrogens is 480 g/mol. The molecule has 0 atom stereocenters. The second-order valence-corrected chi connectivity index (χ2v) is 8.33. The SMILES string of the molecule is CCN(CC)N=Nc1ccc(-n2c3ccc(Br)cc3c3cc(Br)ccc32)cc1. The summed E-state index contributed by atoms with van der Waals surface area (Å²) in [6, 6.07) is 21.0. The smallest absolute Gasteiger partial charge is 0.0875 e. The van der Waals surface area contributed by atoms with E-state index in [4.69, 9.17) is 0 Å². The van der Waals surface area contributed by atoms with E-state index >= 15 is 0 Å². The van der Waals surface area contributed by atoms with Crippen LogP contribution in [0.15, 0.2) is 79.9 Å². The highest BCUT2D eigenvalue weighted by Crippen LogP contribution is 2.35. The zero-order valence-electron chi connectivity index (χ0n) is 15.7. The monoisotopic (exact) mass is 498 g/mol. The average Bonchev–Trinajstić information content (AvgIpc) is 3.02. The van der Waals surface area contributed by atoms with E-state index in [1.54, 1.807) is 0 Å². The number of fused-ring (bicyclic) bond motifs is 3. The number of aromatic nitrogens is 1. The molecule has 4 nitrogen and oxygen atoms in total. The first kappa shape index (κ1) is 19.2.